The predicted octanol–water partition coefficient (Wildman–Crippen LogP) is 4.19. The molecular formula is C26H42N2O4. The van der Waals surface area contributed by atoms with Crippen LogP contribution in [0.15, 0.2) is 0 Å². The maximum Gasteiger partial charge on any atom is 0.222 e. The van der Waals surface area contributed by atoms with Crippen LogP contribution in [-0.4, -0.2) is 60.0 Å². The summed E-state index contributed by atoms with van der Waals surface area (Å²) < 4.78 is 6.82. The lowest BCUT2D eigenvalue weighted by atomic mass is 9.53. The van der Waals surface area contributed by atoms with E-state index in [2.05, 4.69) is 23.6 Å². The monoisotopic (exact) mass is 446 g/mol. The summed E-state index contributed by atoms with van der Waals surface area (Å²) in [4.78, 5) is 29.7. The molecule has 0 aromatic rings. The van der Waals surface area contributed by atoms with E-state index in [1.807, 2.05) is 0 Å². The molecule has 6 heteroatoms. The smallest absolute Gasteiger partial charge is 0.222 e. The van der Waals surface area contributed by atoms with E-state index in [9.17, 15) is 4.79 Å². The van der Waals surface area contributed by atoms with E-state index in [1.54, 1.807) is 0 Å². The lowest BCUT2D eigenvalue weighted by Gasteiger charge is -2.57. The van der Waals surface area contributed by atoms with Gasteiger partial charge in [0.15, 0.2) is 0 Å². The van der Waals surface area contributed by atoms with E-state index in [1.165, 1.54) is 32.1 Å². The lowest BCUT2D eigenvalue weighted by Crippen LogP contribution is -2.59. The average Bonchev–Trinajstić information content (AvgIpc) is 3.14. The zero-order valence-electron chi connectivity index (χ0n) is 20.1. The van der Waals surface area contributed by atoms with Crippen LogP contribution in [0.4, 0.5) is 0 Å². The molecule has 6 nitrogen and oxygen atoms in total. The molecule has 7 fully saturated rings. The summed E-state index contributed by atoms with van der Waals surface area (Å²) in [6.45, 7) is 9.47. The van der Waals surface area contributed by atoms with Gasteiger partial charge in [-0.2, -0.15) is 9.78 Å². The lowest BCUT2D eigenvalue weighted by molar-refractivity contribution is -0.390. The van der Waals surface area contributed by atoms with Gasteiger partial charge < -0.3 is 9.64 Å². The number of amides is 1. The largest absolute Gasteiger partial charge is 0.340 e. The van der Waals surface area contributed by atoms with Crippen molar-refractivity contribution in [3.05, 3.63) is 0 Å². The second-order valence-electron chi connectivity index (χ2n) is 12.4. The summed E-state index contributed by atoms with van der Waals surface area (Å²) in [5.41, 5.74) is 0. The van der Waals surface area contributed by atoms with E-state index >= 15 is 0 Å². The van der Waals surface area contributed by atoms with Crippen LogP contribution in [0.1, 0.15) is 78.1 Å². The molecule has 0 atom stereocenters. The third kappa shape index (κ3) is 3.83. The van der Waals surface area contributed by atoms with Crippen molar-refractivity contribution >= 4 is 5.91 Å². The van der Waals surface area contributed by atoms with E-state index in [0.717, 1.165) is 70.2 Å². The zero-order chi connectivity index (χ0) is 21.9. The van der Waals surface area contributed by atoms with Gasteiger partial charge in [-0.05, 0) is 68.6 Å². The van der Waals surface area contributed by atoms with Gasteiger partial charge in [-0.15, -0.1) is 0 Å². The van der Waals surface area contributed by atoms with Gasteiger partial charge in [0.2, 0.25) is 17.5 Å². The zero-order valence-corrected chi connectivity index (χ0v) is 20.1. The standard InChI is InChI=1S/C26H42N2O4/c1-18(2)17-27-7-9-28(10-8-27)24(29)16-19-3-5-25(6-4-19)30-26(32-31-25)22-12-20-11-21(14-22)15-23(26)13-20/h18-23H,3-17H2,1-2H3. The summed E-state index contributed by atoms with van der Waals surface area (Å²) in [5.74, 6) is 3.28. The number of carbonyl (C=O) groups is 1. The Hall–Kier alpha value is -0.690. The van der Waals surface area contributed by atoms with Crippen LogP contribution < -0.4 is 0 Å². The molecule has 0 N–H and O–H groups in total. The molecule has 180 valence electrons. The third-order valence-corrected chi connectivity index (χ3v) is 9.62. The van der Waals surface area contributed by atoms with Crippen LogP contribution in [0.5, 0.6) is 0 Å². The summed E-state index contributed by atoms with van der Waals surface area (Å²) >= 11 is 0. The van der Waals surface area contributed by atoms with Crippen LogP contribution in [0, 0.1) is 35.5 Å². The minimum Gasteiger partial charge on any atom is -0.340 e. The highest BCUT2D eigenvalue weighted by molar-refractivity contribution is 5.76. The number of hydrogen-bond acceptors (Lipinski definition) is 5. The summed E-state index contributed by atoms with van der Waals surface area (Å²) in [7, 11) is 0. The predicted molar refractivity (Wildman–Crippen MR) is 120 cm³/mol. The Kier molecular flexibility index (Phi) is 5.60. The molecule has 32 heavy (non-hydrogen) atoms. The Morgan fingerprint density at radius 1 is 0.906 bits per heavy atom. The highest BCUT2D eigenvalue weighted by atomic mass is 17.3. The van der Waals surface area contributed by atoms with Gasteiger partial charge in [0, 0.05) is 63.8 Å². The van der Waals surface area contributed by atoms with Crippen LogP contribution >= 0.6 is 0 Å². The first-order valence-electron chi connectivity index (χ1n) is 13.5. The summed E-state index contributed by atoms with van der Waals surface area (Å²) in [6.07, 6.45) is 10.9. The van der Waals surface area contributed by atoms with Gasteiger partial charge >= 0.3 is 0 Å². The molecule has 5 saturated carbocycles. The molecule has 0 aromatic carbocycles. The van der Waals surface area contributed by atoms with Crippen molar-refractivity contribution in [1.82, 2.24) is 9.80 Å². The number of nitrogens with zero attached hydrogens (tertiary/aromatic N) is 2. The first-order chi connectivity index (χ1) is 15.4. The van der Waals surface area contributed by atoms with Crippen LogP contribution in [0.3, 0.4) is 0 Å². The maximum absolute atomic E-state index is 12.9. The Bertz CT molecular complexity index is 681. The number of hydrogen-bond donors (Lipinski definition) is 0. The van der Waals surface area contributed by atoms with Crippen LogP contribution in [0.2, 0.25) is 0 Å². The van der Waals surface area contributed by atoms with Crippen LogP contribution in [0.25, 0.3) is 0 Å². The van der Waals surface area contributed by atoms with Crippen molar-refractivity contribution in [2.24, 2.45) is 35.5 Å². The summed E-state index contributed by atoms with van der Waals surface area (Å²) in [5, 5.41) is 0. The molecule has 0 aromatic heterocycles. The van der Waals surface area contributed by atoms with Gasteiger partial charge in [-0.3, -0.25) is 9.69 Å². The molecule has 2 aliphatic heterocycles. The van der Waals surface area contributed by atoms with Crippen molar-refractivity contribution in [1.29, 1.82) is 0 Å². The first-order valence-corrected chi connectivity index (χ1v) is 13.5. The Morgan fingerprint density at radius 3 is 2.12 bits per heavy atom. The molecular weight excluding hydrogens is 404 g/mol. The van der Waals surface area contributed by atoms with Crippen molar-refractivity contribution in [2.75, 3.05) is 32.7 Å². The van der Waals surface area contributed by atoms with Crippen molar-refractivity contribution in [3.8, 4) is 0 Å². The van der Waals surface area contributed by atoms with Gasteiger partial charge in [0.05, 0.1) is 0 Å². The minimum atomic E-state index is -0.558. The normalized spacial score (nSPS) is 46.1. The average molecular weight is 447 g/mol. The van der Waals surface area contributed by atoms with Crippen molar-refractivity contribution < 1.29 is 19.3 Å². The van der Waals surface area contributed by atoms with E-state index in [0.29, 0.717) is 36.0 Å². The second kappa shape index (κ2) is 8.21. The highest BCUT2D eigenvalue weighted by Crippen LogP contribution is 2.63. The Balaban J connectivity index is 1.000. The maximum atomic E-state index is 12.9. The molecule has 0 radical (unpaired) electrons. The van der Waals surface area contributed by atoms with Gasteiger partial charge in [-0.25, -0.2) is 0 Å². The first kappa shape index (κ1) is 21.8. The molecule has 2 spiro atoms. The topological polar surface area (TPSA) is 51.2 Å². The SMILES string of the molecule is CC(C)CN1CCN(C(=O)CC2CCC3(CC2)OOC2(O3)C3CC4CC(C3)CC2C4)CC1. The van der Waals surface area contributed by atoms with E-state index in [-0.39, 0.29) is 0 Å². The second-order valence-corrected chi connectivity index (χ2v) is 12.4. The molecule has 7 rings (SSSR count). The summed E-state index contributed by atoms with van der Waals surface area (Å²) in [6, 6.07) is 0. The third-order valence-electron chi connectivity index (χ3n) is 9.62. The molecule has 1 amide bonds. The molecule has 5 aliphatic carbocycles. The van der Waals surface area contributed by atoms with Gasteiger partial charge in [0.1, 0.15) is 0 Å². The fourth-order valence-corrected chi connectivity index (χ4v) is 8.19. The van der Waals surface area contributed by atoms with Crippen molar-refractivity contribution in [2.45, 2.75) is 89.6 Å². The fourth-order valence-electron chi connectivity index (χ4n) is 8.19. The highest BCUT2D eigenvalue weighted by Gasteiger charge is 2.66. The van der Waals surface area contributed by atoms with E-state index in [4.69, 9.17) is 14.5 Å². The van der Waals surface area contributed by atoms with Crippen molar-refractivity contribution in [3.63, 3.8) is 0 Å². The molecule has 0 unspecified atom stereocenters. The van der Waals surface area contributed by atoms with E-state index < -0.39 is 11.6 Å². The molecule has 2 heterocycles. The molecule has 2 saturated heterocycles. The number of carbonyl (C=O) groups excluding carboxylic acids is 1. The Labute approximate surface area is 193 Å². The fraction of sp³-hybridized carbons (Fsp3) is 0.962. The number of ether oxygens (including phenoxy) is 1. The van der Waals surface area contributed by atoms with Gasteiger partial charge in [0.25, 0.3) is 0 Å². The number of piperazine rings is 1. The number of rotatable bonds is 4. The molecule has 4 bridgehead atoms. The Morgan fingerprint density at radius 2 is 1.53 bits per heavy atom. The quantitative estimate of drug-likeness (QED) is 0.606. The minimum absolute atomic E-state index is 0.345. The van der Waals surface area contributed by atoms with Gasteiger partial charge in [-0.1, -0.05) is 13.8 Å². The molecule has 7 aliphatic rings. The van der Waals surface area contributed by atoms with Crippen LogP contribution in [-0.2, 0) is 19.3 Å².